The molecule has 0 spiro atoms. The van der Waals surface area contributed by atoms with Gasteiger partial charge in [-0.15, -0.1) is 22.7 Å². The molecule has 4 rings (SSSR count). The van der Waals surface area contributed by atoms with Crippen LogP contribution in [-0.4, -0.2) is 57.9 Å². The van der Waals surface area contributed by atoms with Crippen molar-refractivity contribution in [1.82, 2.24) is 19.9 Å². The highest BCUT2D eigenvalue weighted by atomic mass is 32.1. The fraction of sp³-hybridized carbons (Fsp3) is 0.400. The molecule has 0 unspecified atom stereocenters. The number of thiazole rings is 1. The van der Waals surface area contributed by atoms with Gasteiger partial charge in [-0.1, -0.05) is 11.2 Å². The first-order valence-corrected chi connectivity index (χ1v) is 11.2. The lowest BCUT2D eigenvalue weighted by atomic mass is 10.1. The van der Waals surface area contributed by atoms with Gasteiger partial charge < -0.3 is 14.3 Å². The minimum atomic E-state index is 0.0478. The quantitative estimate of drug-likeness (QED) is 0.622. The molecule has 2 amide bonds. The van der Waals surface area contributed by atoms with Crippen molar-refractivity contribution in [3.05, 3.63) is 45.6 Å². The van der Waals surface area contributed by atoms with Crippen molar-refractivity contribution in [3.63, 3.8) is 0 Å². The predicted molar refractivity (Wildman–Crippen MR) is 112 cm³/mol. The number of hydrogen-bond donors (Lipinski definition) is 0. The van der Waals surface area contributed by atoms with Gasteiger partial charge in [-0.2, -0.15) is 0 Å². The Kier molecular flexibility index (Phi) is 5.77. The summed E-state index contributed by atoms with van der Waals surface area (Å²) in [4.78, 5) is 34.6. The van der Waals surface area contributed by atoms with Crippen molar-refractivity contribution in [3.8, 4) is 9.88 Å². The summed E-state index contributed by atoms with van der Waals surface area (Å²) < 4.78 is 5.14. The van der Waals surface area contributed by atoms with Gasteiger partial charge in [0.05, 0.1) is 29.1 Å². The molecule has 29 heavy (non-hydrogen) atoms. The van der Waals surface area contributed by atoms with E-state index in [9.17, 15) is 9.59 Å². The number of rotatable bonds is 5. The van der Waals surface area contributed by atoms with Crippen molar-refractivity contribution in [2.24, 2.45) is 0 Å². The van der Waals surface area contributed by atoms with Gasteiger partial charge in [-0.25, -0.2) is 4.98 Å². The summed E-state index contributed by atoms with van der Waals surface area (Å²) in [6, 6.07) is 4.03. The summed E-state index contributed by atoms with van der Waals surface area (Å²) in [5.74, 6) is 0.798. The average molecular weight is 431 g/mol. The molecule has 0 aromatic carbocycles. The number of thiophene rings is 1. The van der Waals surface area contributed by atoms with Crippen molar-refractivity contribution < 1.29 is 14.1 Å². The fourth-order valence-electron chi connectivity index (χ4n) is 3.39. The Bertz CT molecular complexity index is 982. The van der Waals surface area contributed by atoms with Gasteiger partial charge in [0.25, 0.3) is 0 Å². The maximum absolute atomic E-state index is 12.7. The second-order valence-corrected chi connectivity index (χ2v) is 8.84. The average Bonchev–Trinajstić information content (AvgIpc) is 3.46. The Labute approximate surface area is 176 Å². The Balaban J connectivity index is 1.29. The van der Waals surface area contributed by atoms with Gasteiger partial charge in [0.1, 0.15) is 10.8 Å². The van der Waals surface area contributed by atoms with Crippen LogP contribution in [0.4, 0.5) is 0 Å². The molecule has 7 nitrogen and oxygen atoms in total. The van der Waals surface area contributed by atoms with Crippen LogP contribution >= 0.6 is 22.7 Å². The van der Waals surface area contributed by atoms with E-state index in [1.807, 2.05) is 46.5 Å². The minimum Gasteiger partial charge on any atom is -0.361 e. The van der Waals surface area contributed by atoms with E-state index < -0.39 is 0 Å². The summed E-state index contributed by atoms with van der Waals surface area (Å²) >= 11 is 3.21. The lowest BCUT2D eigenvalue weighted by Gasteiger charge is -2.34. The number of hydrogen-bond acceptors (Lipinski definition) is 7. The normalized spacial score (nSPS) is 14.4. The lowest BCUT2D eigenvalue weighted by Crippen LogP contribution is -2.51. The van der Waals surface area contributed by atoms with E-state index in [0.29, 0.717) is 44.8 Å². The molecule has 0 atom stereocenters. The second-order valence-electron chi connectivity index (χ2n) is 7.04. The van der Waals surface area contributed by atoms with Crippen LogP contribution in [0.25, 0.3) is 9.88 Å². The van der Waals surface area contributed by atoms with E-state index in [0.717, 1.165) is 26.8 Å². The molecule has 0 aliphatic carbocycles. The largest absolute Gasteiger partial charge is 0.361 e. The highest BCUT2D eigenvalue weighted by Gasteiger charge is 2.26. The van der Waals surface area contributed by atoms with Gasteiger partial charge in [0, 0.05) is 37.1 Å². The molecule has 152 valence electrons. The summed E-state index contributed by atoms with van der Waals surface area (Å²) in [5.41, 5.74) is 2.42. The van der Waals surface area contributed by atoms with Crippen LogP contribution in [-0.2, 0) is 22.4 Å². The van der Waals surface area contributed by atoms with Gasteiger partial charge >= 0.3 is 0 Å². The Morgan fingerprint density at radius 3 is 2.34 bits per heavy atom. The smallest absolute Gasteiger partial charge is 0.228 e. The summed E-state index contributed by atoms with van der Waals surface area (Å²) in [7, 11) is 0. The predicted octanol–water partition coefficient (Wildman–Crippen LogP) is 2.93. The van der Waals surface area contributed by atoms with E-state index in [1.165, 1.54) is 0 Å². The third kappa shape index (κ3) is 4.40. The molecule has 0 radical (unpaired) electrons. The first-order chi connectivity index (χ1) is 14.0. The Morgan fingerprint density at radius 2 is 1.76 bits per heavy atom. The molecule has 1 aliphatic heterocycles. The lowest BCUT2D eigenvalue weighted by molar-refractivity contribution is -0.138. The number of nitrogens with zero attached hydrogens (tertiary/aromatic N) is 4. The van der Waals surface area contributed by atoms with E-state index in [-0.39, 0.29) is 11.8 Å². The second kappa shape index (κ2) is 8.46. The van der Waals surface area contributed by atoms with Crippen LogP contribution in [0, 0.1) is 13.8 Å². The van der Waals surface area contributed by atoms with Crippen LogP contribution < -0.4 is 0 Å². The monoisotopic (exact) mass is 430 g/mol. The zero-order valence-corrected chi connectivity index (χ0v) is 18.0. The zero-order valence-electron chi connectivity index (χ0n) is 16.4. The highest BCUT2D eigenvalue weighted by molar-refractivity contribution is 7.20. The molecule has 0 bridgehead atoms. The van der Waals surface area contributed by atoms with Crippen molar-refractivity contribution >= 4 is 34.5 Å². The topological polar surface area (TPSA) is 79.5 Å². The number of carbonyl (C=O) groups is 2. The molecule has 1 saturated heterocycles. The molecule has 3 aromatic heterocycles. The maximum Gasteiger partial charge on any atom is 0.228 e. The summed E-state index contributed by atoms with van der Waals surface area (Å²) in [6.45, 7) is 5.86. The minimum absolute atomic E-state index is 0.0478. The van der Waals surface area contributed by atoms with Gasteiger partial charge in [0.2, 0.25) is 11.8 Å². The maximum atomic E-state index is 12.7. The van der Waals surface area contributed by atoms with E-state index >= 15 is 0 Å². The van der Waals surface area contributed by atoms with Crippen molar-refractivity contribution in [2.45, 2.75) is 26.7 Å². The van der Waals surface area contributed by atoms with E-state index in [1.54, 1.807) is 22.7 Å². The summed E-state index contributed by atoms with van der Waals surface area (Å²) in [6.07, 6.45) is 0.592. The Hall–Kier alpha value is -2.52. The van der Waals surface area contributed by atoms with Crippen LogP contribution in [0.1, 0.15) is 22.7 Å². The van der Waals surface area contributed by atoms with Crippen LogP contribution in [0.2, 0.25) is 0 Å². The van der Waals surface area contributed by atoms with Crippen molar-refractivity contribution in [2.75, 3.05) is 26.2 Å². The molecule has 3 aromatic rings. The molecule has 1 fully saturated rings. The van der Waals surface area contributed by atoms with Crippen LogP contribution in [0.5, 0.6) is 0 Å². The van der Waals surface area contributed by atoms with Gasteiger partial charge in [-0.05, 0) is 25.3 Å². The number of amides is 2. The van der Waals surface area contributed by atoms with E-state index in [4.69, 9.17) is 4.52 Å². The summed E-state index contributed by atoms with van der Waals surface area (Å²) in [5, 5.41) is 8.84. The van der Waals surface area contributed by atoms with Crippen LogP contribution in [0.3, 0.4) is 0 Å². The SMILES string of the molecule is Cc1noc(C)c1CC(=O)N1CCN(C(=O)Cc2csc(-c3cccs3)n2)CC1. The first kappa shape index (κ1) is 19.8. The Morgan fingerprint density at radius 1 is 1.07 bits per heavy atom. The molecule has 0 N–H and O–H groups in total. The molecule has 4 heterocycles. The van der Waals surface area contributed by atoms with E-state index in [2.05, 4.69) is 10.1 Å². The molecule has 0 saturated carbocycles. The first-order valence-electron chi connectivity index (χ1n) is 9.47. The third-order valence-electron chi connectivity index (χ3n) is 5.11. The van der Waals surface area contributed by atoms with Crippen molar-refractivity contribution in [1.29, 1.82) is 0 Å². The fourth-order valence-corrected chi connectivity index (χ4v) is 5.02. The molecule has 1 aliphatic rings. The molecular formula is C20H22N4O3S2. The standard InChI is InChI=1S/C20H22N4O3S2/c1-13-16(14(2)27-22-13)11-19(26)24-7-5-23(6-8-24)18(25)10-15-12-29-20(21-15)17-4-3-9-28-17/h3-4,9,12H,5-8,10-11H2,1-2H3. The van der Waals surface area contributed by atoms with Crippen LogP contribution in [0.15, 0.2) is 27.4 Å². The number of aryl methyl sites for hydroxylation is 2. The van der Waals surface area contributed by atoms with Gasteiger partial charge in [0.15, 0.2) is 0 Å². The third-order valence-corrected chi connectivity index (χ3v) is 7.04. The number of carbonyl (C=O) groups excluding carboxylic acids is 2. The number of piperazine rings is 1. The number of aromatic nitrogens is 2. The van der Waals surface area contributed by atoms with Gasteiger partial charge in [-0.3, -0.25) is 9.59 Å². The molecule has 9 heteroatoms. The molecular weight excluding hydrogens is 408 g/mol. The highest BCUT2D eigenvalue weighted by Crippen LogP contribution is 2.28. The zero-order chi connectivity index (χ0) is 20.4.